The van der Waals surface area contributed by atoms with Crippen LogP contribution in [0.3, 0.4) is 0 Å². The number of alkyl halides is 3. The van der Waals surface area contributed by atoms with Crippen molar-refractivity contribution < 1.29 is 22.7 Å². The quantitative estimate of drug-likeness (QED) is 0.846. The molecular formula is C13H17F3N2O2. The van der Waals surface area contributed by atoms with Gasteiger partial charge in [0, 0.05) is 12.5 Å². The molecule has 7 heteroatoms. The van der Waals surface area contributed by atoms with Crippen molar-refractivity contribution in [1.29, 1.82) is 0 Å². The van der Waals surface area contributed by atoms with E-state index < -0.39 is 12.8 Å². The maximum absolute atomic E-state index is 12.1. The number of hydrogen-bond donors (Lipinski definition) is 2. The molecule has 1 aromatic rings. The number of rotatable bonds is 6. The van der Waals surface area contributed by atoms with E-state index in [0.717, 1.165) is 0 Å². The summed E-state index contributed by atoms with van der Waals surface area (Å²) in [6.07, 6.45) is -3.73. The van der Waals surface area contributed by atoms with Gasteiger partial charge in [-0.1, -0.05) is 12.1 Å². The molecule has 1 aromatic carbocycles. The molecule has 0 heterocycles. The van der Waals surface area contributed by atoms with E-state index in [0.29, 0.717) is 6.42 Å². The molecule has 1 rings (SSSR count). The third kappa shape index (κ3) is 6.42. The van der Waals surface area contributed by atoms with Gasteiger partial charge in [-0.25, -0.2) is 0 Å². The van der Waals surface area contributed by atoms with Crippen molar-refractivity contribution in [2.75, 3.05) is 11.9 Å². The SMILES string of the molecule is CC(N)CCC(=O)Nc1ccccc1OCC(F)(F)F. The molecule has 0 aromatic heterocycles. The summed E-state index contributed by atoms with van der Waals surface area (Å²) < 4.78 is 41.0. The Morgan fingerprint density at radius 2 is 2.05 bits per heavy atom. The highest BCUT2D eigenvalue weighted by atomic mass is 19.4. The molecule has 0 fully saturated rings. The van der Waals surface area contributed by atoms with Gasteiger partial charge < -0.3 is 15.8 Å². The molecule has 0 saturated heterocycles. The first-order chi connectivity index (χ1) is 9.28. The Balaban J connectivity index is 2.63. The first-order valence-corrected chi connectivity index (χ1v) is 6.12. The maximum atomic E-state index is 12.1. The highest BCUT2D eigenvalue weighted by Gasteiger charge is 2.28. The van der Waals surface area contributed by atoms with Crippen LogP contribution >= 0.6 is 0 Å². The Bertz CT molecular complexity index is 447. The van der Waals surface area contributed by atoms with Crippen molar-refractivity contribution in [3.05, 3.63) is 24.3 Å². The lowest BCUT2D eigenvalue weighted by atomic mass is 10.2. The normalized spacial score (nSPS) is 12.8. The first-order valence-electron chi connectivity index (χ1n) is 6.12. The van der Waals surface area contributed by atoms with Crippen molar-refractivity contribution in [3.63, 3.8) is 0 Å². The first kappa shape index (κ1) is 16.3. The van der Waals surface area contributed by atoms with Gasteiger partial charge in [-0.05, 0) is 25.5 Å². The van der Waals surface area contributed by atoms with Gasteiger partial charge in [-0.3, -0.25) is 4.79 Å². The number of nitrogens with one attached hydrogen (secondary N) is 1. The Labute approximate surface area is 115 Å². The number of anilines is 1. The van der Waals surface area contributed by atoms with Gasteiger partial charge in [-0.15, -0.1) is 0 Å². The average Bonchev–Trinajstić information content (AvgIpc) is 2.34. The molecule has 0 aliphatic heterocycles. The van der Waals surface area contributed by atoms with Crippen molar-refractivity contribution in [2.45, 2.75) is 32.0 Å². The second-order valence-corrected chi connectivity index (χ2v) is 4.46. The Morgan fingerprint density at radius 1 is 1.40 bits per heavy atom. The summed E-state index contributed by atoms with van der Waals surface area (Å²) in [7, 11) is 0. The number of carbonyl (C=O) groups excluding carboxylic acids is 1. The molecule has 0 aliphatic carbocycles. The fraction of sp³-hybridized carbons (Fsp3) is 0.462. The molecule has 0 aliphatic rings. The largest absolute Gasteiger partial charge is 0.482 e. The van der Waals surface area contributed by atoms with Crippen molar-refractivity contribution in [1.82, 2.24) is 0 Å². The van der Waals surface area contributed by atoms with Crippen LogP contribution in [-0.4, -0.2) is 24.7 Å². The van der Waals surface area contributed by atoms with Crippen LogP contribution in [0.5, 0.6) is 5.75 Å². The van der Waals surface area contributed by atoms with Gasteiger partial charge in [0.1, 0.15) is 5.75 Å². The van der Waals surface area contributed by atoms with E-state index >= 15 is 0 Å². The van der Waals surface area contributed by atoms with E-state index in [1.807, 2.05) is 0 Å². The van der Waals surface area contributed by atoms with Gasteiger partial charge in [0.25, 0.3) is 0 Å². The zero-order valence-electron chi connectivity index (χ0n) is 11.0. The van der Waals surface area contributed by atoms with E-state index in [2.05, 4.69) is 10.1 Å². The number of carbonyl (C=O) groups is 1. The van der Waals surface area contributed by atoms with Crippen LogP contribution in [0.1, 0.15) is 19.8 Å². The van der Waals surface area contributed by atoms with Crippen LogP contribution in [0.25, 0.3) is 0 Å². The van der Waals surface area contributed by atoms with Gasteiger partial charge in [0.05, 0.1) is 5.69 Å². The van der Waals surface area contributed by atoms with E-state index in [9.17, 15) is 18.0 Å². The zero-order chi connectivity index (χ0) is 15.2. The molecule has 1 unspecified atom stereocenters. The summed E-state index contributed by atoms with van der Waals surface area (Å²) in [5, 5.41) is 2.52. The lowest BCUT2D eigenvalue weighted by Gasteiger charge is -2.14. The monoisotopic (exact) mass is 290 g/mol. The number of ether oxygens (including phenoxy) is 1. The Hall–Kier alpha value is -1.76. The summed E-state index contributed by atoms with van der Waals surface area (Å²) in [6.45, 7) is 0.368. The number of para-hydroxylation sites is 2. The lowest BCUT2D eigenvalue weighted by molar-refractivity contribution is -0.153. The summed E-state index contributed by atoms with van der Waals surface area (Å²) in [6, 6.07) is 5.87. The van der Waals surface area contributed by atoms with Crippen molar-refractivity contribution in [3.8, 4) is 5.75 Å². The minimum absolute atomic E-state index is 0.0148. The van der Waals surface area contributed by atoms with Gasteiger partial charge in [0.15, 0.2) is 6.61 Å². The van der Waals surface area contributed by atoms with Crippen LogP contribution in [-0.2, 0) is 4.79 Å². The molecule has 1 amide bonds. The van der Waals surface area contributed by atoms with E-state index in [-0.39, 0.29) is 29.8 Å². The van der Waals surface area contributed by atoms with E-state index in [1.165, 1.54) is 18.2 Å². The minimum Gasteiger partial charge on any atom is -0.482 e. The molecule has 112 valence electrons. The highest BCUT2D eigenvalue weighted by Crippen LogP contribution is 2.26. The number of halogens is 3. The number of nitrogens with two attached hydrogens (primary N) is 1. The van der Waals surface area contributed by atoms with Crippen LogP contribution in [0.2, 0.25) is 0 Å². The van der Waals surface area contributed by atoms with Gasteiger partial charge in [0.2, 0.25) is 5.91 Å². The standard InChI is InChI=1S/C13H17F3N2O2/c1-9(17)6-7-12(19)18-10-4-2-3-5-11(10)20-8-13(14,15)16/h2-5,9H,6-8,17H2,1H3,(H,18,19). The van der Waals surface area contributed by atoms with E-state index in [1.54, 1.807) is 13.0 Å². The molecule has 3 N–H and O–H groups in total. The summed E-state index contributed by atoms with van der Waals surface area (Å²) >= 11 is 0. The molecule has 0 radical (unpaired) electrons. The molecule has 1 atom stereocenters. The molecule has 20 heavy (non-hydrogen) atoms. The summed E-state index contributed by atoms with van der Waals surface area (Å²) in [5.41, 5.74) is 5.74. The van der Waals surface area contributed by atoms with Crippen LogP contribution in [0.15, 0.2) is 24.3 Å². The predicted molar refractivity (Wildman–Crippen MR) is 69.5 cm³/mol. The van der Waals surface area contributed by atoms with Gasteiger partial charge in [-0.2, -0.15) is 13.2 Å². The Kier molecular flexibility index (Phi) is 5.82. The molecule has 4 nitrogen and oxygen atoms in total. The van der Waals surface area contributed by atoms with Gasteiger partial charge >= 0.3 is 6.18 Å². The molecule has 0 saturated carbocycles. The third-order valence-electron chi connectivity index (χ3n) is 2.38. The highest BCUT2D eigenvalue weighted by molar-refractivity contribution is 5.92. The number of hydrogen-bond acceptors (Lipinski definition) is 3. The molecule has 0 spiro atoms. The lowest BCUT2D eigenvalue weighted by Crippen LogP contribution is -2.21. The van der Waals surface area contributed by atoms with Crippen molar-refractivity contribution in [2.24, 2.45) is 5.73 Å². The van der Waals surface area contributed by atoms with E-state index in [4.69, 9.17) is 5.73 Å². The zero-order valence-corrected chi connectivity index (χ0v) is 11.0. The summed E-state index contributed by atoms with van der Waals surface area (Å²) in [4.78, 5) is 11.6. The van der Waals surface area contributed by atoms with Crippen LogP contribution < -0.4 is 15.8 Å². The maximum Gasteiger partial charge on any atom is 0.422 e. The molecule has 0 bridgehead atoms. The second-order valence-electron chi connectivity index (χ2n) is 4.46. The minimum atomic E-state index is -4.42. The van der Waals surface area contributed by atoms with Crippen LogP contribution in [0, 0.1) is 0 Å². The molecular weight excluding hydrogens is 273 g/mol. The average molecular weight is 290 g/mol. The summed E-state index contributed by atoms with van der Waals surface area (Å²) in [5.74, 6) is -0.329. The third-order valence-corrected chi connectivity index (χ3v) is 2.38. The predicted octanol–water partition coefficient (Wildman–Crippen LogP) is 2.69. The topological polar surface area (TPSA) is 64.4 Å². The number of amides is 1. The number of benzene rings is 1. The van der Waals surface area contributed by atoms with Crippen LogP contribution in [0.4, 0.5) is 18.9 Å². The smallest absolute Gasteiger partial charge is 0.422 e. The second kappa shape index (κ2) is 7.14. The van der Waals surface area contributed by atoms with Crippen molar-refractivity contribution >= 4 is 11.6 Å². The Morgan fingerprint density at radius 3 is 2.65 bits per heavy atom. The fourth-order valence-electron chi connectivity index (χ4n) is 1.43. The fourth-order valence-corrected chi connectivity index (χ4v) is 1.43.